The lowest BCUT2D eigenvalue weighted by Gasteiger charge is -2.33. The molecule has 1 atom stereocenters. The van der Waals surface area contributed by atoms with Gasteiger partial charge >= 0.3 is 6.09 Å². The number of carboxylic acid groups (broad SMARTS) is 1. The highest BCUT2D eigenvalue weighted by Gasteiger charge is 2.27. The summed E-state index contributed by atoms with van der Waals surface area (Å²) in [6.07, 6.45) is -0.933. The zero-order valence-corrected chi connectivity index (χ0v) is 12.2. The lowest BCUT2D eigenvalue weighted by Crippen LogP contribution is -2.45. The van der Waals surface area contributed by atoms with Gasteiger partial charge in [-0.05, 0) is 45.4 Å². The fourth-order valence-electron chi connectivity index (χ4n) is 1.70. The molecule has 4 heteroatoms. The Labute approximate surface area is 111 Å². The zero-order chi connectivity index (χ0) is 13.2. The summed E-state index contributed by atoms with van der Waals surface area (Å²) < 4.78 is 0. The van der Waals surface area contributed by atoms with E-state index in [9.17, 15) is 9.90 Å². The van der Waals surface area contributed by atoms with Crippen molar-refractivity contribution in [2.45, 2.75) is 38.1 Å². The molecule has 0 aliphatic heterocycles. The third-order valence-corrected chi connectivity index (χ3v) is 2.98. The van der Waals surface area contributed by atoms with Crippen LogP contribution in [-0.2, 0) is 0 Å². The second-order valence-electron chi connectivity index (χ2n) is 5.00. The Kier molecular flexibility index (Phi) is 4.20. The molecule has 0 aromatic heterocycles. The fourth-order valence-corrected chi connectivity index (χ4v) is 1.98. The van der Waals surface area contributed by atoms with Crippen molar-refractivity contribution >= 4 is 27.7 Å². The summed E-state index contributed by atoms with van der Waals surface area (Å²) in [6.45, 7) is 7.66. The van der Waals surface area contributed by atoms with Crippen LogP contribution < -0.4 is 4.90 Å². The molecule has 0 bridgehead atoms. The molecule has 0 fully saturated rings. The molecule has 94 valence electrons. The normalized spacial score (nSPS) is 13.2. The average molecular weight is 300 g/mol. The second-order valence-corrected chi connectivity index (χ2v) is 6.37. The summed E-state index contributed by atoms with van der Waals surface area (Å²) in [5.41, 5.74) is 1.31. The van der Waals surface area contributed by atoms with E-state index < -0.39 is 11.6 Å². The minimum absolute atomic E-state index is 0.207. The number of halogens is 1. The molecule has 1 amide bonds. The van der Waals surface area contributed by atoms with Gasteiger partial charge in [0.1, 0.15) is 0 Å². The van der Waals surface area contributed by atoms with E-state index in [1.54, 1.807) is 0 Å². The van der Waals surface area contributed by atoms with Crippen molar-refractivity contribution in [2.75, 3.05) is 4.90 Å². The summed E-state index contributed by atoms with van der Waals surface area (Å²) in [5.74, 6) is 0. The number of carbonyl (C=O) groups is 1. The highest BCUT2D eigenvalue weighted by Crippen LogP contribution is 2.29. The smallest absolute Gasteiger partial charge is 0.412 e. The van der Waals surface area contributed by atoms with Crippen molar-refractivity contribution in [1.29, 1.82) is 0 Å². The van der Waals surface area contributed by atoms with Crippen LogP contribution in [0.1, 0.15) is 38.1 Å². The van der Waals surface area contributed by atoms with E-state index in [4.69, 9.17) is 0 Å². The summed E-state index contributed by atoms with van der Waals surface area (Å²) in [5, 5.41) is 9.31. The SMILES string of the molecule is CC(Br)c1cccc(N(C(=O)O)C(C)(C)C)c1. The summed E-state index contributed by atoms with van der Waals surface area (Å²) >= 11 is 3.49. The first-order valence-electron chi connectivity index (χ1n) is 5.50. The monoisotopic (exact) mass is 299 g/mol. The van der Waals surface area contributed by atoms with E-state index in [0.29, 0.717) is 5.69 Å². The van der Waals surface area contributed by atoms with E-state index in [1.807, 2.05) is 52.0 Å². The Hall–Kier alpha value is -1.03. The second kappa shape index (κ2) is 5.08. The minimum Gasteiger partial charge on any atom is -0.465 e. The molecular formula is C13H18BrNO2. The van der Waals surface area contributed by atoms with Gasteiger partial charge < -0.3 is 5.11 Å². The van der Waals surface area contributed by atoms with Crippen molar-refractivity contribution in [1.82, 2.24) is 0 Å². The maximum Gasteiger partial charge on any atom is 0.412 e. The molecule has 0 aliphatic carbocycles. The Balaban J connectivity index is 3.20. The molecule has 0 spiro atoms. The molecule has 0 radical (unpaired) electrons. The van der Waals surface area contributed by atoms with Crippen LogP contribution in [0.5, 0.6) is 0 Å². The molecule has 0 heterocycles. The quantitative estimate of drug-likeness (QED) is 0.821. The Bertz CT molecular complexity index is 410. The Morgan fingerprint density at radius 3 is 2.41 bits per heavy atom. The molecule has 1 unspecified atom stereocenters. The molecule has 1 N–H and O–H groups in total. The third-order valence-electron chi connectivity index (χ3n) is 2.45. The van der Waals surface area contributed by atoms with Gasteiger partial charge in [0.05, 0.1) is 0 Å². The number of anilines is 1. The summed E-state index contributed by atoms with van der Waals surface area (Å²) in [7, 11) is 0. The first kappa shape index (κ1) is 14.0. The van der Waals surface area contributed by atoms with Crippen LogP contribution in [-0.4, -0.2) is 16.7 Å². The van der Waals surface area contributed by atoms with E-state index in [0.717, 1.165) is 5.56 Å². The molecule has 0 saturated heterocycles. The van der Waals surface area contributed by atoms with Crippen LogP contribution in [0.2, 0.25) is 0 Å². The predicted molar refractivity (Wildman–Crippen MR) is 74.0 cm³/mol. The number of alkyl halides is 1. The Morgan fingerprint density at radius 1 is 1.41 bits per heavy atom. The van der Waals surface area contributed by atoms with Gasteiger partial charge in [0, 0.05) is 16.1 Å². The summed E-state index contributed by atoms with van der Waals surface area (Å²) in [4.78, 5) is 12.9. The van der Waals surface area contributed by atoms with Gasteiger partial charge in [-0.2, -0.15) is 0 Å². The predicted octanol–water partition coefficient (Wildman–Crippen LogP) is 4.43. The first-order chi connectivity index (χ1) is 7.73. The van der Waals surface area contributed by atoms with Crippen LogP contribution >= 0.6 is 15.9 Å². The molecule has 17 heavy (non-hydrogen) atoms. The van der Waals surface area contributed by atoms with Crippen LogP contribution in [0, 0.1) is 0 Å². The lowest BCUT2D eigenvalue weighted by atomic mass is 10.0. The van der Waals surface area contributed by atoms with Crippen LogP contribution in [0.3, 0.4) is 0 Å². The van der Waals surface area contributed by atoms with Crippen molar-refractivity contribution in [2.24, 2.45) is 0 Å². The lowest BCUT2D eigenvalue weighted by molar-refractivity contribution is 0.195. The van der Waals surface area contributed by atoms with Crippen LogP contribution in [0.15, 0.2) is 24.3 Å². The molecule has 0 saturated carbocycles. The van der Waals surface area contributed by atoms with Crippen molar-refractivity contribution in [3.05, 3.63) is 29.8 Å². The average Bonchev–Trinajstić information content (AvgIpc) is 2.15. The van der Waals surface area contributed by atoms with Gasteiger partial charge in [0.15, 0.2) is 0 Å². The maximum absolute atomic E-state index is 11.3. The standard InChI is InChI=1S/C13H18BrNO2/c1-9(14)10-6-5-7-11(8-10)15(12(16)17)13(2,3)4/h5-9H,1-4H3,(H,16,17). The van der Waals surface area contributed by atoms with E-state index >= 15 is 0 Å². The van der Waals surface area contributed by atoms with Gasteiger partial charge in [-0.25, -0.2) is 4.79 Å². The maximum atomic E-state index is 11.3. The van der Waals surface area contributed by atoms with Gasteiger partial charge in [0.2, 0.25) is 0 Å². The van der Waals surface area contributed by atoms with Crippen LogP contribution in [0.4, 0.5) is 10.5 Å². The van der Waals surface area contributed by atoms with E-state index in [-0.39, 0.29) is 4.83 Å². The van der Waals surface area contributed by atoms with Crippen molar-refractivity contribution in [3.63, 3.8) is 0 Å². The molecule has 1 rings (SSSR count). The molecule has 3 nitrogen and oxygen atoms in total. The third kappa shape index (κ3) is 3.46. The van der Waals surface area contributed by atoms with Gasteiger partial charge in [-0.3, -0.25) is 4.90 Å². The number of rotatable bonds is 2. The minimum atomic E-state index is -0.933. The molecule has 1 aromatic rings. The molecular weight excluding hydrogens is 282 g/mol. The number of nitrogens with zero attached hydrogens (tertiary/aromatic N) is 1. The zero-order valence-electron chi connectivity index (χ0n) is 10.6. The highest BCUT2D eigenvalue weighted by molar-refractivity contribution is 9.09. The Morgan fingerprint density at radius 2 is 2.00 bits per heavy atom. The van der Waals surface area contributed by atoms with Gasteiger partial charge in [-0.15, -0.1) is 0 Å². The summed E-state index contributed by atoms with van der Waals surface area (Å²) in [6, 6.07) is 7.58. The number of hydrogen-bond donors (Lipinski definition) is 1. The number of benzene rings is 1. The van der Waals surface area contributed by atoms with Gasteiger partial charge in [-0.1, -0.05) is 28.1 Å². The highest BCUT2D eigenvalue weighted by atomic mass is 79.9. The van der Waals surface area contributed by atoms with Crippen LogP contribution in [0.25, 0.3) is 0 Å². The van der Waals surface area contributed by atoms with Crippen molar-refractivity contribution in [3.8, 4) is 0 Å². The van der Waals surface area contributed by atoms with Crippen molar-refractivity contribution < 1.29 is 9.90 Å². The topological polar surface area (TPSA) is 40.5 Å². The largest absolute Gasteiger partial charge is 0.465 e. The van der Waals surface area contributed by atoms with E-state index in [1.165, 1.54) is 4.90 Å². The number of amides is 1. The fraction of sp³-hybridized carbons (Fsp3) is 0.462. The molecule has 0 aliphatic rings. The number of hydrogen-bond acceptors (Lipinski definition) is 1. The van der Waals surface area contributed by atoms with E-state index in [2.05, 4.69) is 15.9 Å². The first-order valence-corrected chi connectivity index (χ1v) is 6.42. The van der Waals surface area contributed by atoms with Gasteiger partial charge in [0.25, 0.3) is 0 Å². The molecule has 1 aromatic carbocycles.